The van der Waals surface area contributed by atoms with Crippen molar-refractivity contribution in [2.45, 2.75) is 16.6 Å². The van der Waals surface area contributed by atoms with Crippen molar-refractivity contribution < 1.29 is 0 Å². The van der Waals surface area contributed by atoms with Crippen molar-refractivity contribution in [2.75, 3.05) is 13.6 Å². The molecule has 0 heterocycles. The number of hydrogen-bond acceptors (Lipinski definition) is 1. The van der Waals surface area contributed by atoms with Crippen LogP contribution in [0.4, 0.5) is 0 Å². The summed E-state index contributed by atoms with van der Waals surface area (Å²) in [6.45, 7) is 1.22. The first-order valence-electron chi connectivity index (χ1n) is 2.56. The predicted octanol–water partition coefficient (Wildman–Crippen LogP) is 0.960. The zero-order valence-corrected chi connectivity index (χ0v) is 7.24. The van der Waals surface area contributed by atoms with Gasteiger partial charge in [-0.15, -0.1) is 0 Å². The van der Waals surface area contributed by atoms with Crippen molar-refractivity contribution in [3.8, 4) is 0 Å². The van der Waals surface area contributed by atoms with Crippen molar-refractivity contribution in [3.63, 3.8) is 0 Å². The van der Waals surface area contributed by atoms with Crippen LogP contribution >= 0.6 is 0 Å². The molecule has 0 radical (unpaired) electrons. The van der Waals surface area contributed by atoms with E-state index in [0.29, 0.717) is 0 Å². The van der Waals surface area contributed by atoms with Crippen LogP contribution in [0.2, 0.25) is 16.6 Å². The standard InChI is InChI=1S/C5H14AsN/c1-6(2)4-5-7-3/h7H,4-5H2,1-3H3. The van der Waals surface area contributed by atoms with Gasteiger partial charge < -0.3 is 0 Å². The fourth-order valence-corrected chi connectivity index (χ4v) is 1.74. The van der Waals surface area contributed by atoms with Gasteiger partial charge >= 0.3 is 50.2 Å². The van der Waals surface area contributed by atoms with Crippen LogP contribution in [-0.2, 0) is 0 Å². The zero-order chi connectivity index (χ0) is 5.70. The molecule has 0 fully saturated rings. The molecule has 1 nitrogen and oxygen atoms in total. The van der Waals surface area contributed by atoms with E-state index in [9.17, 15) is 0 Å². The Bertz CT molecular complexity index is 37.1. The fourth-order valence-electron chi connectivity index (χ4n) is 0.335. The molecule has 0 aliphatic carbocycles. The Hall–Kier alpha value is 0.518. The minimum absolute atomic E-state index is 0.305. The van der Waals surface area contributed by atoms with Gasteiger partial charge in [-0.3, -0.25) is 0 Å². The van der Waals surface area contributed by atoms with Crippen LogP contribution in [0.25, 0.3) is 0 Å². The normalized spacial score (nSPS) is 10.3. The molecular weight excluding hydrogens is 149 g/mol. The summed E-state index contributed by atoms with van der Waals surface area (Å²) < 4.78 is 0. The van der Waals surface area contributed by atoms with Gasteiger partial charge in [0.05, 0.1) is 0 Å². The van der Waals surface area contributed by atoms with Crippen LogP contribution in [0.15, 0.2) is 0 Å². The SMILES string of the molecule is CNCC[As](C)C. The molecule has 1 N–H and O–H groups in total. The Kier molecular flexibility index (Phi) is 5.02. The van der Waals surface area contributed by atoms with E-state index in [1.54, 1.807) is 0 Å². The molecule has 0 aliphatic heterocycles. The molecule has 0 unspecified atom stereocenters. The van der Waals surface area contributed by atoms with Crippen LogP contribution in [0.1, 0.15) is 0 Å². The first kappa shape index (κ1) is 7.52. The van der Waals surface area contributed by atoms with Crippen molar-refractivity contribution in [1.29, 1.82) is 0 Å². The number of rotatable bonds is 3. The number of nitrogens with one attached hydrogen (secondary N) is 1. The van der Waals surface area contributed by atoms with Crippen LogP contribution in [-0.4, -0.2) is 28.2 Å². The molecule has 0 aliphatic rings. The average Bonchev–Trinajstić information content (AvgIpc) is 1.61. The Labute approximate surface area is 50.7 Å². The first-order chi connectivity index (χ1) is 3.27. The summed E-state index contributed by atoms with van der Waals surface area (Å²) in [4.78, 5) is 0. The molecule has 0 spiro atoms. The van der Waals surface area contributed by atoms with Crippen molar-refractivity contribution in [1.82, 2.24) is 5.32 Å². The van der Waals surface area contributed by atoms with Gasteiger partial charge in [0.25, 0.3) is 0 Å². The second-order valence-electron chi connectivity index (χ2n) is 1.91. The molecule has 0 atom stereocenters. The molecule has 0 aromatic heterocycles. The van der Waals surface area contributed by atoms with Crippen molar-refractivity contribution in [3.05, 3.63) is 0 Å². The summed E-state index contributed by atoms with van der Waals surface area (Å²) in [6.07, 6.45) is 0. The van der Waals surface area contributed by atoms with Gasteiger partial charge in [0.2, 0.25) is 0 Å². The van der Waals surface area contributed by atoms with Gasteiger partial charge in [-0.2, -0.15) is 0 Å². The van der Waals surface area contributed by atoms with E-state index < -0.39 is 0 Å². The number of hydrogen-bond donors (Lipinski definition) is 1. The van der Waals surface area contributed by atoms with Crippen LogP contribution in [0.5, 0.6) is 0 Å². The molecule has 0 saturated heterocycles. The van der Waals surface area contributed by atoms with E-state index in [2.05, 4.69) is 16.7 Å². The second-order valence-corrected chi connectivity index (χ2v) is 7.38. The first-order valence-corrected chi connectivity index (χ1v) is 7.64. The monoisotopic (exact) mass is 163 g/mol. The average molecular weight is 163 g/mol. The molecule has 7 heavy (non-hydrogen) atoms. The third kappa shape index (κ3) is 6.52. The van der Waals surface area contributed by atoms with Gasteiger partial charge in [0.15, 0.2) is 0 Å². The molecule has 0 saturated carbocycles. The predicted molar refractivity (Wildman–Crippen MR) is 36.2 cm³/mol. The van der Waals surface area contributed by atoms with E-state index in [1.165, 1.54) is 11.8 Å². The Morgan fingerprint density at radius 2 is 2.00 bits per heavy atom. The van der Waals surface area contributed by atoms with Crippen molar-refractivity contribution >= 4 is 14.7 Å². The van der Waals surface area contributed by atoms with Gasteiger partial charge in [-0.05, 0) is 0 Å². The maximum absolute atomic E-state index is 3.14. The summed E-state index contributed by atoms with van der Waals surface area (Å²) in [5.41, 5.74) is 4.76. The Balaban J connectivity index is 2.68. The molecular formula is C5H14AsN. The molecule has 0 amide bonds. The maximum atomic E-state index is 3.14. The molecule has 0 rings (SSSR count). The molecule has 0 aromatic rings. The van der Waals surface area contributed by atoms with E-state index >= 15 is 0 Å². The fraction of sp³-hybridized carbons (Fsp3) is 1.00. The van der Waals surface area contributed by atoms with E-state index in [0.717, 1.165) is 0 Å². The van der Waals surface area contributed by atoms with Crippen molar-refractivity contribution in [2.24, 2.45) is 0 Å². The summed E-state index contributed by atoms with van der Waals surface area (Å²) in [5.74, 6) is 0. The molecule has 44 valence electrons. The van der Waals surface area contributed by atoms with Crippen LogP contribution in [0, 0.1) is 0 Å². The molecule has 2 heteroatoms. The summed E-state index contributed by atoms with van der Waals surface area (Å²) in [7, 11) is 2.01. The van der Waals surface area contributed by atoms with Gasteiger partial charge in [0.1, 0.15) is 0 Å². The van der Waals surface area contributed by atoms with E-state index in [1.807, 2.05) is 7.05 Å². The van der Waals surface area contributed by atoms with E-state index in [4.69, 9.17) is 0 Å². The molecule has 0 aromatic carbocycles. The minimum atomic E-state index is -0.305. The van der Waals surface area contributed by atoms with Crippen LogP contribution < -0.4 is 5.32 Å². The van der Waals surface area contributed by atoms with E-state index in [-0.39, 0.29) is 14.7 Å². The third-order valence-electron chi connectivity index (χ3n) is 0.809. The van der Waals surface area contributed by atoms with Gasteiger partial charge in [-0.1, -0.05) is 0 Å². The second kappa shape index (κ2) is 4.67. The van der Waals surface area contributed by atoms with Gasteiger partial charge in [-0.25, -0.2) is 0 Å². The topological polar surface area (TPSA) is 12.0 Å². The Morgan fingerprint density at radius 3 is 2.14 bits per heavy atom. The summed E-state index contributed by atoms with van der Waals surface area (Å²) in [5, 5.41) is 4.57. The zero-order valence-electron chi connectivity index (χ0n) is 5.36. The van der Waals surface area contributed by atoms with Crippen LogP contribution in [0.3, 0.4) is 0 Å². The third-order valence-corrected chi connectivity index (χ3v) is 3.15. The summed E-state index contributed by atoms with van der Waals surface area (Å²) >= 11 is -0.305. The summed E-state index contributed by atoms with van der Waals surface area (Å²) in [6, 6.07) is 0. The Morgan fingerprint density at radius 1 is 1.43 bits per heavy atom. The molecule has 0 bridgehead atoms. The quantitative estimate of drug-likeness (QED) is 0.611. The van der Waals surface area contributed by atoms with Gasteiger partial charge in [0, 0.05) is 0 Å².